The lowest BCUT2D eigenvalue weighted by Gasteiger charge is -2.10. The molecule has 0 amide bonds. The third-order valence-electron chi connectivity index (χ3n) is 12.8. The van der Waals surface area contributed by atoms with Crippen molar-refractivity contribution in [2.45, 2.75) is 0 Å². The van der Waals surface area contributed by atoms with Crippen molar-refractivity contribution in [3.8, 4) is 96.0 Å². The van der Waals surface area contributed by atoms with Gasteiger partial charge in [-0.2, -0.15) is 0 Å². The van der Waals surface area contributed by atoms with E-state index in [2.05, 4.69) is 148 Å². The second kappa shape index (κ2) is 17.2. The van der Waals surface area contributed by atoms with E-state index in [1.807, 2.05) is 103 Å². The largest absolute Gasteiger partial charge is 0.278 e. The fourth-order valence-electron chi connectivity index (χ4n) is 9.29. The van der Waals surface area contributed by atoms with E-state index in [1.165, 1.54) is 0 Å². The molecule has 8 nitrogen and oxygen atoms in total. The zero-order valence-corrected chi connectivity index (χ0v) is 37.7. The molecule has 9 aromatic carbocycles. The molecule has 0 aliphatic rings. The van der Waals surface area contributed by atoms with Crippen LogP contribution in [0, 0.1) is 0 Å². The molecule has 328 valence electrons. The molecule has 0 atom stereocenters. The molecule has 4 heterocycles. The van der Waals surface area contributed by atoms with Gasteiger partial charge in [0.15, 0.2) is 23.3 Å². The number of aromatic nitrogens is 8. The van der Waals surface area contributed by atoms with E-state index in [-0.39, 0.29) is 0 Å². The normalized spacial score (nSPS) is 11.4. The molecule has 8 heteroatoms. The van der Waals surface area contributed by atoms with Gasteiger partial charge in [0.25, 0.3) is 0 Å². The number of benzene rings is 9. The number of nitrogens with zero attached hydrogens (tertiary/aromatic N) is 8. The Morgan fingerprint density at radius 1 is 0.243 bits per heavy atom. The molecule has 0 saturated carbocycles. The topological polar surface area (TPSA) is 86.7 Å². The number of imidazole rings is 2. The van der Waals surface area contributed by atoms with Crippen molar-refractivity contribution in [3.63, 3.8) is 0 Å². The van der Waals surface area contributed by atoms with Crippen molar-refractivity contribution >= 4 is 27.8 Å². The van der Waals surface area contributed by atoms with Gasteiger partial charge in [0.1, 0.15) is 0 Å². The lowest BCUT2D eigenvalue weighted by atomic mass is 10.0. The van der Waals surface area contributed by atoms with Gasteiger partial charge in [-0.1, -0.05) is 200 Å². The van der Waals surface area contributed by atoms with Crippen molar-refractivity contribution in [2.24, 2.45) is 0 Å². The molecule has 70 heavy (non-hydrogen) atoms. The summed E-state index contributed by atoms with van der Waals surface area (Å²) in [7, 11) is 0. The summed E-state index contributed by atoms with van der Waals surface area (Å²) < 4.78 is 4.55. The lowest BCUT2D eigenvalue weighted by molar-refractivity contribution is 1.07. The molecule has 0 radical (unpaired) electrons. The summed E-state index contributed by atoms with van der Waals surface area (Å²) in [4.78, 5) is 30.1. The molecule has 0 fully saturated rings. The zero-order chi connectivity index (χ0) is 46.4. The summed E-state index contributed by atoms with van der Waals surface area (Å²) in [5, 5.41) is 0. The molecule has 0 N–H and O–H groups in total. The molecule has 0 spiro atoms. The minimum atomic E-state index is 0.620. The monoisotopic (exact) mass is 896 g/mol. The van der Waals surface area contributed by atoms with Gasteiger partial charge in [0.05, 0.1) is 33.5 Å². The van der Waals surface area contributed by atoms with Gasteiger partial charge < -0.3 is 0 Å². The van der Waals surface area contributed by atoms with E-state index in [4.69, 9.17) is 29.9 Å². The van der Waals surface area contributed by atoms with Crippen LogP contribution in [0.1, 0.15) is 0 Å². The molecule has 0 unspecified atom stereocenters. The number of fused-ring (bicyclic) bond motifs is 5. The fourth-order valence-corrected chi connectivity index (χ4v) is 9.29. The smallest absolute Gasteiger partial charge is 0.220 e. The first-order valence-corrected chi connectivity index (χ1v) is 23.3. The number of para-hydroxylation sites is 1. The van der Waals surface area contributed by atoms with Gasteiger partial charge in [0.2, 0.25) is 5.78 Å². The van der Waals surface area contributed by atoms with Gasteiger partial charge in [-0.25, -0.2) is 29.9 Å². The zero-order valence-electron chi connectivity index (χ0n) is 37.7. The predicted molar refractivity (Wildman–Crippen MR) is 282 cm³/mol. The molecular formula is C62H40N8. The van der Waals surface area contributed by atoms with Crippen molar-refractivity contribution in [1.29, 1.82) is 0 Å². The standard InChI is InChI=1S/C62H40N8/c1-6-16-43(17-7-1)53-40-54(64-58(63-53)45-18-8-2-9-19-45)44-30-26-41(27-31-44)50-35-37-55-57(39-50)70-56-38-49(34-36-52(56)65-62(70)69(55)51-24-14-5-15-25-51)42-28-32-48(33-29-42)61-67-59(46-20-10-3-11-21-46)66-60(68-61)47-22-12-4-13-23-47/h1-40H. The minimum absolute atomic E-state index is 0.620. The molecular weight excluding hydrogens is 857 g/mol. The Labute approximate surface area is 403 Å². The average molecular weight is 897 g/mol. The summed E-state index contributed by atoms with van der Waals surface area (Å²) in [6.07, 6.45) is 0. The maximum atomic E-state index is 5.28. The Morgan fingerprint density at radius 2 is 0.614 bits per heavy atom. The Balaban J connectivity index is 0.886. The maximum absolute atomic E-state index is 5.28. The molecule has 13 rings (SSSR count). The fraction of sp³-hybridized carbons (Fsp3) is 0. The maximum Gasteiger partial charge on any atom is 0.220 e. The predicted octanol–water partition coefficient (Wildman–Crippen LogP) is 14.7. The van der Waals surface area contributed by atoms with Crippen LogP contribution < -0.4 is 0 Å². The van der Waals surface area contributed by atoms with Crippen LogP contribution in [-0.4, -0.2) is 38.9 Å². The van der Waals surface area contributed by atoms with E-state index in [9.17, 15) is 0 Å². The number of rotatable bonds is 9. The van der Waals surface area contributed by atoms with Gasteiger partial charge in [-0.15, -0.1) is 0 Å². The Hall–Kier alpha value is -9.66. The highest BCUT2D eigenvalue weighted by Crippen LogP contribution is 2.36. The van der Waals surface area contributed by atoms with Crippen molar-refractivity contribution in [1.82, 2.24) is 38.9 Å². The van der Waals surface area contributed by atoms with Crippen molar-refractivity contribution < 1.29 is 0 Å². The Bertz CT molecular complexity index is 3890. The molecule has 0 saturated heterocycles. The second-order valence-corrected chi connectivity index (χ2v) is 17.2. The summed E-state index contributed by atoms with van der Waals surface area (Å²) in [6, 6.07) is 83.5. The van der Waals surface area contributed by atoms with Crippen LogP contribution in [0.3, 0.4) is 0 Å². The summed E-state index contributed by atoms with van der Waals surface area (Å²) in [5.74, 6) is 3.43. The van der Waals surface area contributed by atoms with Crippen LogP contribution in [0.2, 0.25) is 0 Å². The van der Waals surface area contributed by atoms with Gasteiger partial charge in [-0.3, -0.25) is 8.97 Å². The van der Waals surface area contributed by atoms with E-state index in [1.54, 1.807) is 0 Å². The van der Waals surface area contributed by atoms with Crippen LogP contribution in [0.15, 0.2) is 243 Å². The van der Waals surface area contributed by atoms with Gasteiger partial charge in [0, 0.05) is 39.1 Å². The highest BCUT2D eigenvalue weighted by molar-refractivity contribution is 5.96. The van der Waals surface area contributed by atoms with Crippen LogP contribution in [0.25, 0.3) is 124 Å². The van der Waals surface area contributed by atoms with Crippen LogP contribution in [0.4, 0.5) is 0 Å². The van der Waals surface area contributed by atoms with Gasteiger partial charge in [-0.05, 0) is 64.7 Å². The van der Waals surface area contributed by atoms with Crippen molar-refractivity contribution in [3.05, 3.63) is 243 Å². The Kier molecular flexibility index (Phi) is 9.98. The minimum Gasteiger partial charge on any atom is -0.278 e. The third kappa shape index (κ3) is 7.46. The summed E-state index contributed by atoms with van der Waals surface area (Å²) >= 11 is 0. The average Bonchev–Trinajstić information content (AvgIpc) is 3.98. The first-order chi connectivity index (χ1) is 34.7. The highest BCUT2D eigenvalue weighted by atomic mass is 15.2. The highest BCUT2D eigenvalue weighted by Gasteiger charge is 2.20. The number of hydrogen-bond acceptors (Lipinski definition) is 6. The number of hydrogen-bond donors (Lipinski definition) is 0. The van der Waals surface area contributed by atoms with Crippen LogP contribution in [-0.2, 0) is 0 Å². The van der Waals surface area contributed by atoms with Gasteiger partial charge >= 0.3 is 0 Å². The first kappa shape index (κ1) is 40.6. The SMILES string of the molecule is c1ccc(-c2cc(-c3ccc(-c4ccc5c(c4)n4c6cc(-c7ccc(-c8nc(-c9ccccc9)nc(-c9ccccc9)n8)cc7)ccc6nc4n5-c4ccccc4)cc3)nc(-c3ccccc3)n2)cc1. The molecule has 0 aliphatic heterocycles. The van der Waals surface area contributed by atoms with E-state index in [0.29, 0.717) is 23.3 Å². The van der Waals surface area contributed by atoms with Crippen molar-refractivity contribution in [2.75, 3.05) is 0 Å². The first-order valence-electron chi connectivity index (χ1n) is 23.3. The van der Waals surface area contributed by atoms with Crippen LogP contribution in [0.5, 0.6) is 0 Å². The summed E-state index contributed by atoms with van der Waals surface area (Å²) in [5.41, 5.74) is 17.0. The summed E-state index contributed by atoms with van der Waals surface area (Å²) in [6.45, 7) is 0. The van der Waals surface area contributed by atoms with E-state index >= 15 is 0 Å². The second-order valence-electron chi connectivity index (χ2n) is 17.2. The lowest BCUT2D eigenvalue weighted by Crippen LogP contribution is -2.00. The molecule has 4 aromatic heterocycles. The Morgan fingerprint density at radius 3 is 1.13 bits per heavy atom. The third-order valence-corrected chi connectivity index (χ3v) is 12.8. The molecule has 0 bridgehead atoms. The van der Waals surface area contributed by atoms with E-state index < -0.39 is 0 Å². The van der Waals surface area contributed by atoms with Crippen LogP contribution >= 0.6 is 0 Å². The van der Waals surface area contributed by atoms with E-state index in [0.717, 1.165) is 101 Å². The molecule has 13 aromatic rings. The molecule has 0 aliphatic carbocycles. The quantitative estimate of drug-likeness (QED) is 0.143.